The molecule has 1 aromatic rings. The minimum atomic E-state index is -0.0429. The molecule has 0 aliphatic carbocycles. The lowest BCUT2D eigenvalue weighted by Gasteiger charge is -2.36. The second-order valence-electron chi connectivity index (χ2n) is 5.81. The number of carbonyl (C=O) groups is 2. The van der Waals surface area contributed by atoms with Crippen molar-refractivity contribution < 1.29 is 9.59 Å². The molecule has 1 atom stereocenters. The normalized spacial score (nSPS) is 17.2. The van der Waals surface area contributed by atoms with Gasteiger partial charge in [0.15, 0.2) is 0 Å². The predicted molar refractivity (Wildman–Crippen MR) is 101 cm³/mol. The van der Waals surface area contributed by atoms with Gasteiger partial charge in [-0.05, 0) is 31.7 Å². The highest BCUT2D eigenvalue weighted by Gasteiger charge is 2.26. The molecule has 136 valence electrons. The van der Waals surface area contributed by atoms with Crippen molar-refractivity contribution in [3.05, 3.63) is 21.3 Å². The number of aryl methyl sites for hydroxylation is 1. The summed E-state index contributed by atoms with van der Waals surface area (Å²) >= 11 is 7.50. The number of piperidine rings is 1. The average Bonchev–Trinajstić information content (AvgIpc) is 2.97. The van der Waals surface area contributed by atoms with Gasteiger partial charge in [0.05, 0.1) is 5.02 Å². The number of nitrogens with zero attached hydrogens (tertiary/aromatic N) is 1. The summed E-state index contributed by atoms with van der Waals surface area (Å²) in [5, 5.41) is 5.51. The molecule has 1 fully saturated rings. The molecule has 1 aliphatic heterocycles. The molecule has 0 aromatic carbocycles. The third-order valence-electron chi connectivity index (χ3n) is 4.06. The van der Waals surface area contributed by atoms with Crippen LogP contribution in [0.3, 0.4) is 0 Å². The summed E-state index contributed by atoms with van der Waals surface area (Å²) in [6, 6.07) is 2.02. The van der Waals surface area contributed by atoms with Gasteiger partial charge < -0.3 is 16.0 Å². The van der Waals surface area contributed by atoms with Crippen LogP contribution < -0.4 is 11.1 Å². The number of hydrogen-bond donors (Lipinski definition) is 2. The van der Waals surface area contributed by atoms with Crippen LogP contribution in [0.4, 0.5) is 0 Å². The van der Waals surface area contributed by atoms with E-state index in [2.05, 4.69) is 5.32 Å². The Hall–Kier alpha value is -0.820. The minimum absolute atomic E-state index is 0. The Kier molecular flexibility index (Phi) is 9.66. The lowest BCUT2D eigenvalue weighted by Crippen LogP contribution is -2.49. The number of nitrogens with two attached hydrogens (primary N) is 1. The molecule has 0 bridgehead atoms. The van der Waals surface area contributed by atoms with Gasteiger partial charge in [-0.2, -0.15) is 0 Å². The van der Waals surface area contributed by atoms with Crippen LogP contribution in [-0.4, -0.2) is 42.4 Å². The Bertz CT molecular complexity index is 539. The van der Waals surface area contributed by atoms with Crippen molar-refractivity contribution >= 4 is 47.2 Å². The van der Waals surface area contributed by atoms with E-state index in [0.29, 0.717) is 25.9 Å². The summed E-state index contributed by atoms with van der Waals surface area (Å²) in [4.78, 5) is 27.2. The zero-order valence-electron chi connectivity index (χ0n) is 13.6. The van der Waals surface area contributed by atoms with Crippen LogP contribution in [0.5, 0.6) is 0 Å². The van der Waals surface area contributed by atoms with Crippen LogP contribution in [0.15, 0.2) is 11.4 Å². The van der Waals surface area contributed by atoms with Gasteiger partial charge in [-0.1, -0.05) is 11.6 Å². The van der Waals surface area contributed by atoms with Crippen LogP contribution in [0.2, 0.25) is 5.02 Å². The van der Waals surface area contributed by atoms with Gasteiger partial charge in [-0.3, -0.25) is 9.59 Å². The molecule has 0 saturated carbocycles. The van der Waals surface area contributed by atoms with Crippen molar-refractivity contribution in [2.45, 2.75) is 44.6 Å². The van der Waals surface area contributed by atoms with E-state index in [1.165, 1.54) is 0 Å². The van der Waals surface area contributed by atoms with E-state index in [9.17, 15) is 9.59 Å². The molecule has 8 heteroatoms. The fraction of sp³-hybridized carbons (Fsp3) is 0.625. The lowest BCUT2D eigenvalue weighted by molar-refractivity contribution is -0.135. The molecule has 5 nitrogen and oxygen atoms in total. The maximum atomic E-state index is 12.5. The third-order valence-corrected chi connectivity index (χ3v) is 5.40. The van der Waals surface area contributed by atoms with E-state index >= 15 is 0 Å². The largest absolute Gasteiger partial charge is 0.354 e. The molecule has 3 N–H and O–H groups in total. The molecule has 1 unspecified atom stereocenters. The lowest BCUT2D eigenvalue weighted by atomic mass is 10.0. The topological polar surface area (TPSA) is 75.4 Å². The van der Waals surface area contributed by atoms with Crippen molar-refractivity contribution in [1.29, 1.82) is 0 Å². The van der Waals surface area contributed by atoms with E-state index in [1.54, 1.807) is 11.3 Å². The van der Waals surface area contributed by atoms with Gasteiger partial charge in [0.2, 0.25) is 11.8 Å². The average molecular weight is 394 g/mol. The molecular formula is C16H25Cl2N3O2S. The van der Waals surface area contributed by atoms with Gasteiger partial charge in [-0.15, -0.1) is 23.7 Å². The van der Waals surface area contributed by atoms with Crippen molar-refractivity contribution in [3.63, 3.8) is 0 Å². The Morgan fingerprint density at radius 3 is 2.83 bits per heavy atom. The third kappa shape index (κ3) is 6.59. The van der Waals surface area contributed by atoms with E-state index in [1.807, 2.05) is 16.3 Å². The first-order valence-electron chi connectivity index (χ1n) is 8.09. The number of halogens is 2. The molecule has 2 amide bonds. The maximum Gasteiger partial charge on any atom is 0.223 e. The van der Waals surface area contributed by atoms with Crippen LogP contribution in [0, 0.1) is 0 Å². The second kappa shape index (κ2) is 10.9. The van der Waals surface area contributed by atoms with Crippen molar-refractivity contribution in [2.24, 2.45) is 5.73 Å². The number of likely N-dealkylation sites (tertiary alicyclic amines) is 1. The monoisotopic (exact) mass is 393 g/mol. The van der Waals surface area contributed by atoms with Gasteiger partial charge in [0.25, 0.3) is 0 Å². The summed E-state index contributed by atoms with van der Waals surface area (Å²) < 4.78 is 0. The quantitative estimate of drug-likeness (QED) is 0.747. The predicted octanol–water partition coefficient (Wildman–Crippen LogP) is 2.60. The smallest absolute Gasteiger partial charge is 0.223 e. The highest BCUT2D eigenvalue weighted by molar-refractivity contribution is 7.10. The van der Waals surface area contributed by atoms with Crippen LogP contribution >= 0.6 is 35.3 Å². The number of nitrogens with one attached hydrogen (secondary N) is 1. The van der Waals surface area contributed by atoms with Crippen LogP contribution in [-0.2, 0) is 16.0 Å². The Morgan fingerprint density at radius 2 is 2.17 bits per heavy atom. The van der Waals surface area contributed by atoms with E-state index in [-0.39, 0.29) is 30.3 Å². The zero-order valence-corrected chi connectivity index (χ0v) is 16.0. The summed E-state index contributed by atoms with van der Waals surface area (Å²) in [6.07, 6.45) is 4.62. The zero-order chi connectivity index (χ0) is 16.7. The fourth-order valence-corrected chi connectivity index (χ4v) is 3.93. The van der Waals surface area contributed by atoms with Crippen LogP contribution in [0.25, 0.3) is 0 Å². The molecule has 1 aliphatic rings. The number of amides is 2. The number of hydrogen-bond acceptors (Lipinski definition) is 4. The highest BCUT2D eigenvalue weighted by atomic mass is 35.5. The standard InChI is InChI=1S/C16H24ClN3O2S.ClH/c17-12-9-14(23-11-12)4-5-16(22)20-8-2-1-3-13(20)10-19-15(21)6-7-18;/h9,11,13H,1-8,10,18H2,(H,19,21);1H. The molecule has 2 heterocycles. The minimum Gasteiger partial charge on any atom is -0.354 e. The first-order chi connectivity index (χ1) is 11.1. The molecule has 0 spiro atoms. The summed E-state index contributed by atoms with van der Waals surface area (Å²) in [5.74, 6) is 0.117. The van der Waals surface area contributed by atoms with Gasteiger partial charge in [-0.25, -0.2) is 0 Å². The van der Waals surface area contributed by atoms with E-state index in [0.717, 1.165) is 42.1 Å². The maximum absolute atomic E-state index is 12.5. The Morgan fingerprint density at radius 1 is 1.38 bits per heavy atom. The first-order valence-corrected chi connectivity index (χ1v) is 9.35. The van der Waals surface area contributed by atoms with Crippen molar-refractivity contribution in [3.8, 4) is 0 Å². The molecule has 2 rings (SSSR count). The molecule has 0 radical (unpaired) electrons. The van der Waals surface area contributed by atoms with Gasteiger partial charge in [0, 0.05) is 48.8 Å². The number of thiophene rings is 1. The van der Waals surface area contributed by atoms with Crippen LogP contribution in [0.1, 0.15) is 37.0 Å². The fourth-order valence-electron chi connectivity index (χ4n) is 2.85. The molecule has 24 heavy (non-hydrogen) atoms. The molecular weight excluding hydrogens is 369 g/mol. The van der Waals surface area contributed by atoms with Crippen molar-refractivity contribution in [1.82, 2.24) is 10.2 Å². The van der Waals surface area contributed by atoms with Gasteiger partial charge in [0.1, 0.15) is 0 Å². The summed E-state index contributed by atoms with van der Waals surface area (Å²) in [5.41, 5.74) is 5.38. The highest BCUT2D eigenvalue weighted by Crippen LogP contribution is 2.22. The second-order valence-corrected chi connectivity index (χ2v) is 7.24. The summed E-state index contributed by atoms with van der Waals surface area (Å²) in [7, 11) is 0. The molecule has 1 aromatic heterocycles. The number of carbonyl (C=O) groups excluding carboxylic acids is 2. The van der Waals surface area contributed by atoms with E-state index in [4.69, 9.17) is 17.3 Å². The van der Waals surface area contributed by atoms with Gasteiger partial charge >= 0.3 is 0 Å². The Balaban J connectivity index is 0.00000288. The first kappa shape index (κ1) is 21.2. The molecule has 1 saturated heterocycles. The summed E-state index contributed by atoms with van der Waals surface area (Å²) in [6.45, 7) is 1.65. The Labute approximate surface area is 158 Å². The SMILES string of the molecule is Cl.NCCC(=O)NCC1CCCCN1C(=O)CCc1cc(Cl)cs1. The van der Waals surface area contributed by atoms with Crippen molar-refractivity contribution in [2.75, 3.05) is 19.6 Å². The number of rotatable bonds is 7. The van der Waals surface area contributed by atoms with E-state index < -0.39 is 0 Å².